The van der Waals surface area contributed by atoms with Gasteiger partial charge in [-0.25, -0.2) is 0 Å². The molecule has 0 amide bonds. The maximum Gasteiger partial charge on any atom is 0.337 e. The van der Waals surface area contributed by atoms with Crippen LogP contribution in [0.2, 0.25) is 0 Å². The quantitative estimate of drug-likeness (QED) is 0.647. The summed E-state index contributed by atoms with van der Waals surface area (Å²) in [4.78, 5) is 12.6. The SMILES string of the molecule is COP(=O)(CC(=O)[C@H]1OC(C)(C)O[C@H]1[C@H](O)[C@H]1COC(C)(C)O1)OC. The molecular formula is C15H27O9P. The lowest BCUT2D eigenvalue weighted by Gasteiger charge is -2.26. The third kappa shape index (κ3) is 4.87. The van der Waals surface area contributed by atoms with Gasteiger partial charge in [-0.1, -0.05) is 0 Å². The van der Waals surface area contributed by atoms with Gasteiger partial charge in [-0.3, -0.25) is 9.36 Å². The highest BCUT2D eigenvalue weighted by Gasteiger charge is 2.53. The van der Waals surface area contributed by atoms with Crippen molar-refractivity contribution in [1.82, 2.24) is 0 Å². The lowest BCUT2D eigenvalue weighted by atomic mass is 10.0. The van der Waals surface area contributed by atoms with Gasteiger partial charge < -0.3 is 33.1 Å². The summed E-state index contributed by atoms with van der Waals surface area (Å²) in [6.45, 7) is 6.87. The molecule has 146 valence electrons. The van der Waals surface area contributed by atoms with Gasteiger partial charge >= 0.3 is 7.60 Å². The van der Waals surface area contributed by atoms with Crippen LogP contribution in [0.25, 0.3) is 0 Å². The van der Waals surface area contributed by atoms with Crippen molar-refractivity contribution in [3.8, 4) is 0 Å². The number of ether oxygens (including phenoxy) is 4. The zero-order chi connectivity index (χ0) is 19.0. The van der Waals surface area contributed by atoms with E-state index in [0.717, 1.165) is 0 Å². The Morgan fingerprint density at radius 1 is 1.16 bits per heavy atom. The second-order valence-electron chi connectivity index (χ2n) is 6.98. The van der Waals surface area contributed by atoms with Crippen molar-refractivity contribution in [1.29, 1.82) is 0 Å². The van der Waals surface area contributed by atoms with Gasteiger partial charge in [0.1, 0.15) is 30.6 Å². The number of carbonyl (C=O) groups is 1. The summed E-state index contributed by atoms with van der Waals surface area (Å²) < 4.78 is 44.3. The Morgan fingerprint density at radius 2 is 1.76 bits per heavy atom. The van der Waals surface area contributed by atoms with E-state index in [9.17, 15) is 14.5 Å². The molecule has 2 aliphatic rings. The molecule has 0 bridgehead atoms. The molecule has 2 heterocycles. The minimum Gasteiger partial charge on any atom is -0.387 e. The van der Waals surface area contributed by atoms with Crippen molar-refractivity contribution in [2.45, 2.75) is 63.7 Å². The number of Topliss-reactive ketones (excluding diaryl/α,β-unsaturated/α-hetero) is 1. The summed E-state index contributed by atoms with van der Waals surface area (Å²) in [6, 6.07) is 0. The third-order valence-corrected chi connectivity index (χ3v) is 5.91. The minimum absolute atomic E-state index is 0.157. The predicted molar refractivity (Wildman–Crippen MR) is 86.2 cm³/mol. The zero-order valence-electron chi connectivity index (χ0n) is 15.4. The first-order valence-electron chi connectivity index (χ1n) is 8.01. The molecule has 1 N–H and O–H groups in total. The number of hydrogen-bond donors (Lipinski definition) is 1. The Balaban J connectivity index is 2.15. The lowest BCUT2D eigenvalue weighted by Crippen LogP contribution is -2.47. The first kappa shape index (κ1) is 20.9. The fraction of sp³-hybridized carbons (Fsp3) is 0.933. The van der Waals surface area contributed by atoms with Crippen LogP contribution < -0.4 is 0 Å². The molecule has 2 fully saturated rings. The van der Waals surface area contributed by atoms with Gasteiger partial charge in [-0.2, -0.15) is 0 Å². The minimum atomic E-state index is -3.56. The molecule has 0 aromatic heterocycles. The summed E-state index contributed by atoms with van der Waals surface area (Å²) in [5.41, 5.74) is 0. The van der Waals surface area contributed by atoms with Crippen LogP contribution in [0.1, 0.15) is 27.7 Å². The summed E-state index contributed by atoms with van der Waals surface area (Å²) >= 11 is 0. The van der Waals surface area contributed by atoms with Gasteiger partial charge in [0.2, 0.25) is 0 Å². The molecule has 0 radical (unpaired) electrons. The van der Waals surface area contributed by atoms with Gasteiger partial charge in [-0.05, 0) is 27.7 Å². The number of rotatable bonds is 7. The number of hydrogen-bond acceptors (Lipinski definition) is 9. The Kier molecular flexibility index (Phi) is 6.13. The largest absolute Gasteiger partial charge is 0.387 e. The summed E-state index contributed by atoms with van der Waals surface area (Å²) in [5.74, 6) is -2.47. The molecule has 10 heteroatoms. The van der Waals surface area contributed by atoms with E-state index in [-0.39, 0.29) is 6.61 Å². The molecule has 0 aromatic rings. The third-order valence-electron chi connectivity index (χ3n) is 4.10. The van der Waals surface area contributed by atoms with Crippen LogP contribution in [0.5, 0.6) is 0 Å². The van der Waals surface area contributed by atoms with E-state index in [1.807, 2.05) is 0 Å². The van der Waals surface area contributed by atoms with Crippen molar-refractivity contribution in [3.05, 3.63) is 0 Å². The van der Waals surface area contributed by atoms with Gasteiger partial charge in [0.05, 0.1) is 6.61 Å². The number of ketones is 1. The Labute approximate surface area is 147 Å². The Bertz CT molecular complexity index is 539. The van der Waals surface area contributed by atoms with E-state index in [2.05, 4.69) is 0 Å². The first-order valence-corrected chi connectivity index (χ1v) is 9.73. The molecular weight excluding hydrogens is 355 g/mol. The lowest BCUT2D eigenvalue weighted by molar-refractivity contribution is -0.179. The Hall–Kier alpha value is -0.380. The second kappa shape index (κ2) is 7.32. The van der Waals surface area contributed by atoms with Gasteiger partial charge in [-0.15, -0.1) is 0 Å². The molecule has 0 aromatic carbocycles. The molecule has 2 saturated heterocycles. The molecule has 2 rings (SSSR count). The zero-order valence-corrected chi connectivity index (χ0v) is 16.3. The summed E-state index contributed by atoms with van der Waals surface area (Å²) in [6.07, 6.45) is -4.45. The maximum absolute atomic E-state index is 12.6. The standard InChI is InChI=1S/C15H27O9P/c1-14(2)21-7-10(22-14)11(17)13-12(23-15(3,4)24-13)9(16)8-25(18,19-5)20-6/h10-13,17H,7-8H2,1-6H3/t10-,11-,12-,13+/m1/s1. The second-order valence-corrected chi connectivity index (χ2v) is 9.25. The fourth-order valence-corrected chi connectivity index (χ4v) is 3.84. The molecule has 0 unspecified atom stereocenters. The normalized spacial score (nSPS) is 32.7. The van der Waals surface area contributed by atoms with Crippen LogP contribution in [-0.4, -0.2) is 73.9 Å². The fourth-order valence-electron chi connectivity index (χ4n) is 2.87. The maximum atomic E-state index is 12.6. The van der Waals surface area contributed by atoms with Gasteiger partial charge in [0, 0.05) is 14.2 Å². The molecule has 0 saturated carbocycles. The molecule has 9 nitrogen and oxygen atoms in total. The van der Waals surface area contributed by atoms with Crippen molar-refractivity contribution in [2.75, 3.05) is 27.0 Å². The van der Waals surface area contributed by atoms with E-state index in [1.165, 1.54) is 14.2 Å². The van der Waals surface area contributed by atoms with Crippen LogP contribution in [0, 0.1) is 0 Å². The molecule has 4 atom stereocenters. The van der Waals surface area contributed by atoms with Crippen LogP contribution >= 0.6 is 7.60 Å². The van der Waals surface area contributed by atoms with E-state index in [4.69, 9.17) is 28.0 Å². The van der Waals surface area contributed by atoms with Gasteiger partial charge in [0.15, 0.2) is 17.4 Å². The van der Waals surface area contributed by atoms with E-state index in [1.54, 1.807) is 27.7 Å². The molecule has 2 aliphatic heterocycles. The highest BCUT2D eigenvalue weighted by molar-refractivity contribution is 7.54. The van der Waals surface area contributed by atoms with E-state index >= 15 is 0 Å². The predicted octanol–water partition coefficient (Wildman–Crippen LogP) is 1.07. The number of aliphatic hydroxyl groups is 1. The van der Waals surface area contributed by atoms with Crippen molar-refractivity contribution in [2.24, 2.45) is 0 Å². The van der Waals surface area contributed by atoms with Crippen LogP contribution in [0.4, 0.5) is 0 Å². The monoisotopic (exact) mass is 382 g/mol. The van der Waals surface area contributed by atoms with E-state index < -0.39 is 55.5 Å². The Morgan fingerprint density at radius 3 is 2.24 bits per heavy atom. The molecule has 0 spiro atoms. The number of aliphatic hydroxyl groups excluding tert-OH is 1. The van der Waals surface area contributed by atoms with Crippen LogP contribution in [0.3, 0.4) is 0 Å². The van der Waals surface area contributed by atoms with Crippen LogP contribution in [0.15, 0.2) is 0 Å². The molecule has 0 aliphatic carbocycles. The average molecular weight is 382 g/mol. The van der Waals surface area contributed by atoms with Gasteiger partial charge in [0.25, 0.3) is 0 Å². The highest BCUT2D eigenvalue weighted by Crippen LogP contribution is 2.47. The number of carbonyl (C=O) groups excluding carboxylic acids is 1. The van der Waals surface area contributed by atoms with Crippen LogP contribution in [-0.2, 0) is 37.4 Å². The first-order chi connectivity index (χ1) is 11.4. The highest BCUT2D eigenvalue weighted by atomic mass is 31.2. The van der Waals surface area contributed by atoms with Crippen molar-refractivity contribution in [3.63, 3.8) is 0 Å². The summed E-state index contributed by atoms with van der Waals surface area (Å²) in [7, 11) is -1.16. The van der Waals surface area contributed by atoms with Crippen molar-refractivity contribution < 1.29 is 42.5 Å². The topological polar surface area (TPSA) is 110 Å². The summed E-state index contributed by atoms with van der Waals surface area (Å²) in [5, 5.41) is 10.7. The smallest absolute Gasteiger partial charge is 0.337 e. The van der Waals surface area contributed by atoms with Crippen molar-refractivity contribution >= 4 is 13.4 Å². The molecule has 25 heavy (non-hydrogen) atoms. The van der Waals surface area contributed by atoms with E-state index in [0.29, 0.717) is 0 Å². The average Bonchev–Trinajstić information content (AvgIpc) is 3.05.